The summed E-state index contributed by atoms with van der Waals surface area (Å²) in [4.78, 5) is 11.3. The monoisotopic (exact) mass is 314 g/mol. The van der Waals surface area contributed by atoms with Crippen molar-refractivity contribution in [3.05, 3.63) is 45.4 Å². The van der Waals surface area contributed by atoms with E-state index in [2.05, 4.69) is 5.10 Å². The fraction of sp³-hybridized carbons (Fsp3) is 0.231. The van der Waals surface area contributed by atoms with Crippen LogP contribution in [0.5, 0.6) is 0 Å². The fourth-order valence-electron chi connectivity index (χ4n) is 2.09. The molecule has 0 amide bonds. The highest BCUT2D eigenvalue weighted by Gasteiger charge is 2.35. The Kier molecular flexibility index (Phi) is 3.18. The van der Waals surface area contributed by atoms with E-state index in [1.807, 2.05) is 0 Å². The van der Waals surface area contributed by atoms with Crippen molar-refractivity contribution in [3.8, 4) is 5.69 Å². The Hall–Kier alpha value is -1.59. The highest BCUT2D eigenvalue weighted by molar-refractivity contribution is 6.34. The summed E-state index contributed by atoms with van der Waals surface area (Å²) in [5.74, 6) is -1.71. The van der Waals surface area contributed by atoms with Crippen LogP contribution in [0.4, 0.5) is 4.39 Å². The number of para-hydroxylation sites is 1. The molecule has 104 valence electrons. The fourth-order valence-corrected chi connectivity index (χ4v) is 2.64. The van der Waals surface area contributed by atoms with Crippen molar-refractivity contribution in [2.45, 2.75) is 18.8 Å². The predicted molar refractivity (Wildman–Crippen MR) is 72.5 cm³/mol. The third kappa shape index (κ3) is 2.07. The molecule has 1 fully saturated rings. The van der Waals surface area contributed by atoms with E-state index in [0.717, 1.165) is 17.5 Å². The molecule has 4 nitrogen and oxygen atoms in total. The Labute approximate surface area is 123 Å². The van der Waals surface area contributed by atoms with Crippen molar-refractivity contribution in [1.29, 1.82) is 0 Å². The molecule has 1 aliphatic rings. The zero-order chi connectivity index (χ0) is 14.4. The van der Waals surface area contributed by atoms with Gasteiger partial charge in [-0.3, -0.25) is 0 Å². The average Bonchev–Trinajstić information content (AvgIpc) is 3.15. The number of rotatable bonds is 3. The van der Waals surface area contributed by atoms with E-state index in [0.29, 0.717) is 5.69 Å². The molecule has 1 aromatic carbocycles. The van der Waals surface area contributed by atoms with Crippen LogP contribution in [-0.2, 0) is 0 Å². The molecule has 1 N–H and O–H groups in total. The van der Waals surface area contributed by atoms with Crippen molar-refractivity contribution >= 4 is 29.2 Å². The number of hydrogen-bond acceptors (Lipinski definition) is 2. The molecule has 1 aromatic heterocycles. The van der Waals surface area contributed by atoms with E-state index in [1.54, 1.807) is 0 Å². The first kappa shape index (κ1) is 13.4. The number of hydrogen-bond donors (Lipinski definition) is 1. The van der Waals surface area contributed by atoms with Crippen molar-refractivity contribution in [2.24, 2.45) is 0 Å². The number of carboxylic acid groups (broad SMARTS) is 1. The van der Waals surface area contributed by atoms with Gasteiger partial charge in [0, 0.05) is 5.92 Å². The summed E-state index contributed by atoms with van der Waals surface area (Å²) in [5.41, 5.74) is 0.281. The standard InChI is InChI=1S/C13H9Cl2FN2O2/c14-7-2-1-3-8(16)11(7)18-12(15)9(13(19)20)10(17-18)6-4-5-6/h1-3,6H,4-5H2,(H,19,20). The van der Waals surface area contributed by atoms with Gasteiger partial charge in [-0.25, -0.2) is 13.9 Å². The maximum atomic E-state index is 13.9. The maximum Gasteiger partial charge on any atom is 0.340 e. The molecule has 1 saturated carbocycles. The lowest BCUT2D eigenvalue weighted by atomic mass is 10.2. The molecule has 0 aliphatic heterocycles. The van der Waals surface area contributed by atoms with Crippen LogP contribution in [0.15, 0.2) is 18.2 Å². The summed E-state index contributed by atoms with van der Waals surface area (Å²) in [5, 5.41) is 13.4. The highest BCUT2D eigenvalue weighted by atomic mass is 35.5. The number of aromatic carboxylic acids is 1. The number of aromatic nitrogens is 2. The van der Waals surface area contributed by atoms with E-state index >= 15 is 0 Å². The Balaban J connectivity index is 2.25. The van der Waals surface area contributed by atoms with Crippen LogP contribution in [0.2, 0.25) is 10.2 Å². The first-order valence-electron chi connectivity index (χ1n) is 5.96. The minimum atomic E-state index is -1.17. The molecule has 7 heteroatoms. The van der Waals surface area contributed by atoms with Crippen molar-refractivity contribution < 1.29 is 14.3 Å². The Bertz CT molecular complexity index is 690. The zero-order valence-corrected chi connectivity index (χ0v) is 11.6. The molecule has 0 unspecified atom stereocenters. The highest BCUT2D eigenvalue weighted by Crippen LogP contribution is 2.43. The zero-order valence-electron chi connectivity index (χ0n) is 10.1. The van der Waals surface area contributed by atoms with Crippen LogP contribution < -0.4 is 0 Å². The first-order chi connectivity index (χ1) is 9.50. The summed E-state index contributed by atoms with van der Waals surface area (Å²) in [7, 11) is 0. The second-order valence-electron chi connectivity index (χ2n) is 4.61. The molecule has 3 rings (SSSR count). The van der Waals surface area contributed by atoms with Crippen molar-refractivity contribution in [1.82, 2.24) is 9.78 Å². The number of benzene rings is 1. The number of halogens is 3. The van der Waals surface area contributed by atoms with E-state index < -0.39 is 11.8 Å². The number of carboxylic acids is 1. The number of nitrogens with zero attached hydrogens (tertiary/aromatic N) is 2. The van der Waals surface area contributed by atoms with Gasteiger partial charge < -0.3 is 5.11 Å². The van der Waals surface area contributed by atoms with E-state index in [1.165, 1.54) is 18.2 Å². The third-order valence-electron chi connectivity index (χ3n) is 3.18. The average molecular weight is 315 g/mol. The normalized spacial score (nSPS) is 14.6. The van der Waals surface area contributed by atoms with Crippen molar-refractivity contribution in [2.75, 3.05) is 0 Å². The van der Waals surface area contributed by atoms with Gasteiger partial charge in [0.05, 0.1) is 10.7 Å². The SMILES string of the molecule is O=C(O)c1c(C2CC2)nn(-c2c(F)cccc2Cl)c1Cl. The van der Waals surface area contributed by atoms with Gasteiger partial charge in [0.25, 0.3) is 0 Å². The van der Waals surface area contributed by atoms with Crippen molar-refractivity contribution in [3.63, 3.8) is 0 Å². The molecule has 0 bridgehead atoms. The van der Waals surface area contributed by atoms with Crippen LogP contribution in [0.3, 0.4) is 0 Å². The van der Waals surface area contributed by atoms with Crippen LogP contribution in [0.1, 0.15) is 34.8 Å². The lowest BCUT2D eigenvalue weighted by Crippen LogP contribution is -2.02. The molecule has 2 aromatic rings. The molecule has 0 saturated heterocycles. The van der Waals surface area contributed by atoms with Gasteiger partial charge in [0.2, 0.25) is 0 Å². The first-order valence-corrected chi connectivity index (χ1v) is 6.72. The molecule has 1 heterocycles. The molecular formula is C13H9Cl2FN2O2. The van der Waals surface area contributed by atoms with Gasteiger partial charge >= 0.3 is 5.97 Å². The smallest absolute Gasteiger partial charge is 0.340 e. The van der Waals surface area contributed by atoms with Gasteiger partial charge in [0.1, 0.15) is 22.2 Å². The van der Waals surface area contributed by atoms with E-state index in [-0.39, 0.29) is 27.3 Å². The molecular weight excluding hydrogens is 306 g/mol. The van der Waals surface area contributed by atoms with Crippen LogP contribution >= 0.6 is 23.2 Å². The topological polar surface area (TPSA) is 55.1 Å². The van der Waals surface area contributed by atoms with E-state index in [4.69, 9.17) is 23.2 Å². The summed E-state index contributed by atoms with van der Waals surface area (Å²) < 4.78 is 15.0. The van der Waals surface area contributed by atoms with Gasteiger partial charge in [-0.15, -0.1) is 0 Å². The lowest BCUT2D eigenvalue weighted by molar-refractivity contribution is 0.0696. The summed E-state index contributed by atoms with van der Waals surface area (Å²) in [6.07, 6.45) is 1.72. The largest absolute Gasteiger partial charge is 0.478 e. The molecule has 0 spiro atoms. The second-order valence-corrected chi connectivity index (χ2v) is 5.38. The van der Waals surface area contributed by atoms with Gasteiger partial charge in [-0.2, -0.15) is 5.10 Å². The lowest BCUT2D eigenvalue weighted by Gasteiger charge is -2.06. The van der Waals surface area contributed by atoms with Gasteiger partial charge in [-0.1, -0.05) is 29.3 Å². The molecule has 0 radical (unpaired) electrons. The van der Waals surface area contributed by atoms with Crippen LogP contribution in [-0.4, -0.2) is 20.9 Å². The third-order valence-corrected chi connectivity index (χ3v) is 3.84. The minimum Gasteiger partial charge on any atom is -0.478 e. The summed E-state index contributed by atoms with van der Waals surface area (Å²) in [6.45, 7) is 0. The quantitative estimate of drug-likeness (QED) is 0.935. The van der Waals surface area contributed by atoms with Gasteiger partial charge in [-0.05, 0) is 25.0 Å². The second kappa shape index (κ2) is 4.75. The Morgan fingerprint density at radius 1 is 1.40 bits per heavy atom. The van der Waals surface area contributed by atoms with Crippen LogP contribution in [0, 0.1) is 5.82 Å². The molecule has 0 atom stereocenters. The van der Waals surface area contributed by atoms with Gasteiger partial charge in [0.15, 0.2) is 0 Å². The Morgan fingerprint density at radius 2 is 2.10 bits per heavy atom. The summed E-state index contributed by atoms with van der Waals surface area (Å²) in [6, 6.07) is 4.17. The summed E-state index contributed by atoms with van der Waals surface area (Å²) >= 11 is 12.0. The maximum absolute atomic E-state index is 13.9. The van der Waals surface area contributed by atoms with E-state index in [9.17, 15) is 14.3 Å². The number of carbonyl (C=O) groups is 1. The predicted octanol–water partition coefficient (Wildman–Crippen LogP) is 3.89. The molecule has 20 heavy (non-hydrogen) atoms. The van der Waals surface area contributed by atoms with Crippen LogP contribution in [0.25, 0.3) is 5.69 Å². The minimum absolute atomic E-state index is 0.0337. The molecule has 1 aliphatic carbocycles. The Morgan fingerprint density at radius 3 is 2.65 bits per heavy atom.